The van der Waals surface area contributed by atoms with E-state index in [2.05, 4.69) is 5.32 Å². The first-order valence-corrected chi connectivity index (χ1v) is 4.57. The Morgan fingerprint density at radius 2 is 2.00 bits per heavy atom. The van der Waals surface area contributed by atoms with Crippen LogP contribution in [0.25, 0.3) is 0 Å². The molecule has 0 spiro atoms. The lowest BCUT2D eigenvalue weighted by Crippen LogP contribution is -2.31. The average Bonchev–Trinajstić information content (AvgIpc) is 1.96. The molecule has 0 aliphatic rings. The molecule has 1 unspecified atom stereocenters. The van der Waals surface area contributed by atoms with Crippen molar-refractivity contribution in [1.29, 1.82) is 0 Å². The fourth-order valence-corrected chi connectivity index (χ4v) is 0.807. The Balaban J connectivity index is 3.22. The largest absolute Gasteiger partial charge is 0.392 e. The van der Waals surface area contributed by atoms with Crippen molar-refractivity contribution >= 4 is 0 Å². The summed E-state index contributed by atoms with van der Waals surface area (Å²) < 4.78 is 0. The Morgan fingerprint density at radius 3 is 2.42 bits per heavy atom. The molecule has 3 nitrogen and oxygen atoms in total. The molecule has 3 heteroatoms. The van der Waals surface area contributed by atoms with Crippen LogP contribution in [0.4, 0.5) is 0 Å². The summed E-state index contributed by atoms with van der Waals surface area (Å²) in [6, 6.07) is 0. The van der Waals surface area contributed by atoms with Gasteiger partial charge in [-0.3, -0.25) is 0 Å². The van der Waals surface area contributed by atoms with Crippen molar-refractivity contribution in [2.45, 2.75) is 45.3 Å². The minimum atomic E-state index is -0.607. The van der Waals surface area contributed by atoms with Crippen molar-refractivity contribution in [3.05, 3.63) is 0 Å². The Bertz CT molecular complexity index is 110. The van der Waals surface area contributed by atoms with Gasteiger partial charge in [0.25, 0.3) is 0 Å². The van der Waals surface area contributed by atoms with Gasteiger partial charge in [0.2, 0.25) is 0 Å². The highest BCUT2D eigenvalue weighted by Crippen LogP contribution is 2.04. The molecule has 0 aliphatic heterocycles. The summed E-state index contributed by atoms with van der Waals surface area (Å²) in [6.45, 7) is 6.88. The van der Waals surface area contributed by atoms with Crippen LogP contribution in [-0.2, 0) is 0 Å². The third-order valence-electron chi connectivity index (χ3n) is 1.76. The number of aliphatic hydroxyl groups excluding tert-OH is 1. The van der Waals surface area contributed by atoms with Crippen LogP contribution < -0.4 is 5.32 Å². The van der Waals surface area contributed by atoms with E-state index in [1.54, 1.807) is 13.8 Å². The molecule has 0 aromatic rings. The molecule has 0 saturated heterocycles. The first-order chi connectivity index (χ1) is 5.45. The first kappa shape index (κ1) is 11.9. The zero-order valence-electron chi connectivity index (χ0n) is 8.30. The van der Waals surface area contributed by atoms with Crippen molar-refractivity contribution in [2.75, 3.05) is 13.1 Å². The third kappa shape index (κ3) is 7.98. The Hall–Kier alpha value is -0.120. The summed E-state index contributed by atoms with van der Waals surface area (Å²) in [5.74, 6) is 0. The van der Waals surface area contributed by atoms with Crippen LogP contribution in [0.5, 0.6) is 0 Å². The predicted octanol–water partition coefficient (Wildman–Crippen LogP) is 0.508. The van der Waals surface area contributed by atoms with Gasteiger partial charge in [-0.1, -0.05) is 6.92 Å². The summed E-state index contributed by atoms with van der Waals surface area (Å²) in [5, 5.41) is 21.6. The molecule has 0 aromatic heterocycles. The summed E-state index contributed by atoms with van der Waals surface area (Å²) in [6.07, 6.45) is 1.23. The molecular weight excluding hydrogens is 154 g/mol. The highest BCUT2D eigenvalue weighted by atomic mass is 16.3. The lowest BCUT2D eigenvalue weighted by molar-refractivity contribution is 0.0695. The number of rotatable bonds is 6. The fourth-order valence-electron chi connectivity index (χ4n) is 0.807. The van der Waals surface area contributed by atoms with E-state index in [1.165, 1.54) is 0 Å². The predicted molar refractivity (Wildman–Crippen MR) is 50.1 cm³/mol. The van der Waals surface area contributed by atoms with Crippen molar-refractivity contribution in [2.24, 2.45) is 0 Å². The number of hydrogen-bond acceptors (Lipinski definition) is 3. The summed E-state index contributed by atoms with van der Waals surface area (Å²) in [5.41, 5.74) is -0.607. The minimum absolute atomic E-state index is 0.258. The van der Waals surface area contributed by atoms with E-state index >= 15 is 0 Å². The quantitative estimate of drug-likeness (QED) is 0.515. The van der Waals surface area contributed by atoms with Crippen LogP contribution in [0.3, 0.4) is 0 Å². The van der Waals surface area contributed by atoms with Gasteiger partial charge in [-0.05, 0) is 33.2 Å². The van der Waals surface area contributed by atoms with Gasteiger partial charge in [-0.25, -0.2) is 0 Å². The lowest BCUT2D eigenvalue weighted by atomic mass is 10.1. The molecule has 0 aromatic carbocycles. The van der Waals surface area contributed by atoms with Gasteiger partial charge in [-0.15, -0.1) is 0 Å². The van der Waals surface area contributed by atoms with Gasteiger partial charge >= 0.3 is 0 Å². The maximum atomic E-state index is 9.34. The van der Waals surface area contributed by atoms with Crippen molar-refractivity contribution < 1.29 is 10.2 Å². The van der Waals surface area contributed by atoms with Crippen LogP contribution in [0.2, 0.25) is 0 Å². The monoisotopic (exact) mass is 175 g/mol. The van der Waals surface area contributed by atoms with E-state index in [1.807, 2.05) is 6.92 Å². The van der Waals surface area contributed by atoms with Crippen molar-refractivity contribution in [3.8, 4) is 0 Å². The summed E-state index contributed by atoms with van der Waals surface area (Å²) in [4.78, 5) is 0. The molecule has 0 saturated carbocycles. The van der Waals surface area contributed by atoms with Gasteiger partial charge < -0.3 is 15.5 Å². The second-order valence-electron chi connectivity index (χ2n) is 3.83. The highest BCUT2D eigenvalue weighted by Gasteiger charge is 2.11. The van der Waals surface area contributed by atoms with Crippen molar-refractivity contribution in [3.63, 3.8) is 0 Å². The van der Waals surface area contributed by atoms with Crippen molar-refractivity contribution in [1.82, 2.24) is 5.32 Å². The van der Waals surface area contributed by atoms with Crippen LogP contribution in [0, 0.1) is 0 Å². The van der Waals surface area contributed by atoms with E-state index in [0.29, 0.717) is 13.0 Å². The highest BCUT2D eigenvalue weighted by molar-refractivity contribution is 4.67. The van der Waals surface area contributed by atoms with E-state index in [0.717, 1.165) is 13.0 Å². The SMILES string of the molecule is CCC(O)CNCCC(C)(C)O. The van der Waals surface area contributed by atoms with Crippen LogP contribution >= 0.6 is 0 Å². The van der Waals surface area contributed by atoms with Crippen LogP contribution in [0.15, 0.2) is 0 Å². The molecule has 0 heterocycles. The molecule has 3 N–H and O–H groups in total. The normalized spacial score (nSPS) is 14.8. The number of nitrogens with one attached hydrogen (secondary N) is 1. The molecule has 0 aliphatic carbocycles. The zero-order chi connectivity index (χ0) is 9.61. The van der Waals surface area contributed by atoms with E-state index in [-0.39, 0.29) is 6.10 Å². The molecule has 0 rings (SSSR count). The zero-order valence-corrected chi connectivity index (χ0v) is 8.30. The summed E-state index contributed by atoms with van der Waals surface area (Å²) >= 11 is 0. The van der Waals surface area contributed by atoms with Gasteiger partial charge in [0, 0.05) is 6.54 Å². The topological polar surface area (TPSA) is 52.5 Å². The van der Waals surface area contributed by atoms with E-state index in [9.17, 15) is 5.11 Å². The molecule has 12 heavy (non-hydrogen) atoms. The third-order valence-corrected chi connectivity index (χ3v) is 1.76. The maximum absolute atomic E-state index is 9.34. The molecule has 74 valence electrons. The lowest BCUT2D eigenvalue weighted by Gasteiger charge is -2.17. The molecular formula is C9H21NO2. The second-order valence-corrected chi connectivity index (χ2v) is 3.83. The minimum Gasteiger partial charge on any atom is -0.392 e. The van der Waals surface area contributed by atoms with Gasteiger partial charge in [0.1, 0.15) is 0 Å². The Labute approximate surface area is 74.8 Å². The average molecular weight is 175 g/mol. The Morgan fingerprint density at radius 1 is 1.42 bits per heavy atom. The fraction of sp³-hybridized carbons (Fsp3) is 1.00. The number of aliphatic hydroxyl groups is 2. The van der Waals surface area contributed by atoms with Crippen LogP contribution in [-0.4, -0.2) is 35.0 Å². The molecule has 0 radical (unpaired) electrons. The van der Waals surface area contributed by atoms with E-state index < -0.39 is 5.60 Å². The van der Waals surface area contributed by atoms with Gasteiger partial charge in [0.15, 0.2) is 0 Å². The standard InChI is InChI=1S/C9H21NO2/c1-4-8(11)7-10-6-5-9(2,3)12/h8,10-12H,4-7H2,1-3H3. The number of hydrogen-bond donors (Lipinski definition) is 3. The molecule has 0 bridgehead atoms. The van der Waals surface area contributed by atoms with Gasteiger partial charge in [0.05, 0.1) is 11.7 Å². The van der Waals surface area contributed by atoms with Crippen LogP contribution in [0.1, 0.15) is 33.6 Å². The molecule has 1 atom stereocenters. The summed E-state index contributed by atoms with van der Waals surface area (Å²) in [7, 11) is 0. The maximum Gasteiger partial charge on any atom is 0.0662 e. The first-order valence-electron chi connectivity index (χ1n) is 4.57. The Kier molecular flexibility index (Phi) is 5.46. The van der Waals surface area contributed by atoms with Gasteiger partial charge in [-0.2, -0.15) is 0 Å². The smallest absolute Gasteiger partial charge is 0.0662 e. The molecule has 0 amide bonds. The second kappa shape index (κ2) is 5.51. The van der Waals surface area contributed by atoms with E-state index in [4.69, 9.17) is 5.11 Å². The molecule has 0 fully saturated rings.